The molecule has 0 bridgehead atoms. The van der Waals surface area contributed by atoms with Crippen molar-refractivity contribution in [3.05, 3.63) is 163 Å². The van der Waals surface area contributed by atoms with Crippen LogP contribution in [0.2, 0.25) is 0 Å². The van der Waals surface area contributed by atoms with Crippen molar-refractivity contribution in [2.75, 3.05) is 24.3 Å². The molecular weight excluding hydrogens is 808 g/mol. The van der Waals surface area contributed by atoms with E-state index in [1.807, 2.05) is 18.2 Å². The van der Waals surface area contributed by atoms with Gasteiger partial charge in [-0.05, 0) is 123 Å². The van der Waals surface area contributed by atoms with Gasteiger partial charge in [-0.2, -0.15) is 5.10 Å². The summed E-state index contributed by atoms with van der Waals surface area (Å²) >= 11 is 5.12. The number of carbonyl (C=O) groups excluding carboxylic acids is 4. The molecule has 1 fully saturated rings. The highest BCUT2D eigenvalue weighted by Crippen LogP contribution is 2.33. The largest absolute Gasteiger partial charge is 0.493 e. The van der Waals surface area contributed by atoms with Crippen LogP contribution in [0.4, 0.5) is 22.7 Å². The number of carbonyl (C=O) groups is 4. The van der Waals surface area contributed by atoms with Gasteiger partial charge in [0, 0.05) is 70.0 Å². The van der Waals surface area contributed by atoms with Gasteiger partial charge < -0.3 is 20.1 Å². The van der Waals surface area contributed by atoms with Gasteiger partial charge in [0.1, 0.15) is 0 Å². The Hall–Kier alpha value is -7.46. The lowest BCUT2D eigenvalue weighted by Crippen LogP contribution is -2.32. The number of ether oxygens (including phenoxy) is 2. The van der Waals surface area contributed by atoms with Crippen LogP contribution in [-0.2, 0) is 0 Å². The number of halogens is 1. The predicted molar refractivity (Wildman–Crippen MR) is 228 cm³/mol. The number of hydrazone groups is 1. The topological polar surface area (TPSA) is 213 Å². The van der Waals surface area contributed by atoms with Crippen molar-refractivity contribution in [2.24, 2.45) is 5.10 Å². The number of benzene rings is 5. The number of nitro benzene ring substituents is 2. The molecule has 3 amide bonds. The number of rotatable bonds is 12. The molecule has 1 heterocycles. The summed E-state index contributed by atoms with van der Waals surface area (Å²) < 4.78 is 11.8. The minimum atomic E-state index is -0.696. The number of hydrogen-bond acceptors (Lipinski definition) is 11. The van der Waals surface area contributed by atoms with Gasteiger partial charge in [-0.15, -0.1) is 0 Å². The first-order valence-electron chi connectivity index (χ1n) is 19.1. The van der Waals surface area contributed by atoms with Crippen molar-refractivity contribution < 1.29 is 38.5 Å². The van der Waals surface area contributed by atoms with Gasteiger partial charge in [0.15, 0.2) is 11.5 Å². The number of non-ortho nitro benzene ring substituents is 2. The van der Waals surface area contributed by atoms with Crippen molar-refractivity contribution in [3.8, 4) is 11.5 Å². The average molecular weight is 847 g/mol. The van der Waals surface area contributed by atoms with E-state index >= 15 is 0 Å². The van der Waals surface area contributed by atoms with Crippen LogP contribution in [0.5, 0.6) is 11.5 Å². The Morgan fingerprint density at radius 3 is 1.95 bits per heavy atom. The lowest BCUT2D eigenvalue weighted by molar-refractivity contribution is -0.385. The summed E-state index contributed by atoms with van der Waals surface area (Å²) in [5, 5.41) is 32.2. The minimum Gasteiger partial charge on any atom is -0.493 e. The molecule has 0 unspecified atom stereocenters. The van der Waals surface area contributed by atoms with Crippen LogP contribution in [0.3, 0.4) is 0 Å². The van der Waals surface area contributed by atoms with Crippen LogP contribution < -0.4 is 20.1 Å². The first kappa shape index (κ1) is 43.1. The fourth-order valence-corrected chi connectivity index (χ4v) is 6.74. The van der Waals surface area contributed by atoms with Crippen molar-refractivity contribution in [3.63, 3.8) is 0 Å². The highest BCUT2D eigenvalue weighted by Gasteiger charge is 2.24. The number of hydrogen-bond donors (Lipinski definition) is 2. The zero-order valence-corrected chi connectivity index (χ0v) is 33.5. The standard InChI is InChI=1S/C37H35N5O7.C7H4ClNO3/c1-48-33-19-16-25(23-34(33)49-31-11-2-3-12-31)32-13-6-20-41(40-32)37(45)27-8-4-9-29(21-27)39-35(43)24-14-17-28(18-15-24)38-36(44)26-7-5-10-30(22-26)42(46)47;8-7(10)5-2-1-3-6(4-5)9(11)12/h4-5,7-10,14-19,21-23,31H,2-3,6,11-13,20H2,1H3,(H,38,44)(H,39,43);1-4H. The summed E-state index contributed by atoms with van der Waals surface area (Å²) in [5.74, 6) is 0.137. The lowest BCUT2D eigenvalue weighted by Gasteiger charge is -2.24. The van der Waals surface area contributed by atoms with Gasteiger partial charge in [-0.1, -0.05) is 18.2 Å². The van der Waals surface area contributed by atoms with Gasteiger partial charge in [-0.25, -0.2) is 5.01 Å². The Morgan fingerprint density at radius 1 is 0.689 bits per heavy atom. The molecule has 5 aromatic carbocycles. The molecule has 7 rings (SSSR count). The second kappa shape index (κ2) is 20.0. The SMILES string of the molecule is COc1ccc(C2=NN(C(=O)c3cccc(NC(=O)c4ccc(NC(=O)c5cccc([N+](=O)[O-])c5)cc4)c3)CCC2)cc1OC1CCCC1.O=C(Cl)c1cccc([N+](=O)[O-])c1. The third-order valence-corrected chi connectivity index (χ3v) is 9.95. The first-order chi connectivity index (χ1) is 29.4. The van der Waals surface area contributed by atoms with Crippen molar-refractivity contribution >= 4 is 63.0 Å². The highest BCUT2D eigenvalue weighted by molar-refractivity contribution is 6.67. The molecule has 0 saturated heterocycles. The van der Waals surface area contributed by atoms with E-state index in [2.05, 4.69) is 10.6 Å². The first-order valence-corrected chi connectivity index (χ1v) is 19.5. The molecule has 0 aromatic heterocycles. The Bertz CT molecular complexity index is 2480. The zero-order chi connectivity index (χ0) is 43.5. The summed E-state index contributed by atoms with van der Waals surface area (Å²) in [5.41, 5.74) is 3.15. The van der Waals surface area contributed by atoms with Gasteiger partial charge >= 0.3 is 0 Å². The van der Waals surface area contributed by atoms with Crippen LogP contribution in [0.25, 0.3) is 0 Å². The average Bonchev–Trinajstić information content (AvgIpc) is 3.80. The number of amides is 3. The molecular formula is C44H39ClN6O10. The Morgan fingerprint density at radius 2 is 1.30 bits per heavy atom. The molecule has 16 nitrogen and oxygen atoms in total. The molecule has 1 saturated carbocycles. The maximum absolute atomic E-state index is 13.6. The van der Waals surface area contributed by atoms with E-state index < -0.39 is 26.9 Å². The van der Waals surface area contributed by atoms with E-state index in [4.69, 9.17) is 26.2 Å². The summed E-state index contributed by atoms with van der Waals surface area (Å²) in [6.45, 7) is 0.463. The molecule has 5 aromatic rings. The maximum Gasteiger partial charge on any atom is 0.274 e. The van der Waals surface area contributed by atoms with Gasteiger partial charge in [0.25, 0.3) is 34.3 Å². The van der Waals surface area contributed by atoms with Gasteiger partial charge in [0.05, 0.1) is 28.8 Å². The fraction of sp³-hybridized carbons (Fsp3) is 0.205. The molecule has 1 aliphatic heterocycles. The van der Waals surface area contributed by atoms with Crippen LogP contribution in [0, 0.1) is 20.2 Å². The van der Waals surface area contributed by atoms with Crippen LogP contribution in [0.1, 0.15) is 85.5 Å². The van der Waals surface area contributed by atoms with Crippen LogP contribution >= 0.6 is 11.6 Å². The maximum atomic E-state index is 13.6. The molecule has 0 spiro atoms. The molecule has 2 N–H and O–H groups in total. The lowest BCUT2D eigenvalue weighted by atomic mass is 10.0. The Labute approximate surface area is 354 Å². The molecule has 312 valence electrons. The molecule has 2 aliphatic rings. The molecule has 0 radical (unpaired) electrons. The smallest absolute Gasteiger partial charge is 0.274 e. The Kier molecular flexibility index (Phi) is 14.1. The summed E-state index contributed by atoms with van der Waals surface area (Å²) in [6.07, 6.45) is 5.99. The molecule has 0 atom stereocenters. The van der Waals surface area contributed by atoms with E-state index in [9.17, 15) is 39.4 Å². The van der Waals surface area contributed by atoms with E-state index in [0.29, 0.717) is 47.0 Å². The Balaban J connectivity index is 0.000000447. The number of nitrogens with one attached hydrogen (secondary N) is 2. The number of methoxy groups -OCH3 is 1. The minimum absolute atomic E-state index is 0.130. The van der Waals surface area contributed by atoms with Crippen LogP contribution in [0.15, 0.2) is 120 Å². The quantitative estimate of drug-likeness (QED) is 0.0690. The van der Waals surface area contributed by atoms with Crippen molar-refractivity contribution in [2.45, 2.75) is 44.6 Å². The zero-order valence-electron chi connectivity index (χ0n) is 32.7. The van der Waals surface area contributed by atoms with Gasteiger partial charge in [0.2, 0.25) is 0 Å². The number of anilines is 2. The summed E-state index contributed by atoms with van der Waals surface area (Å²) in [7, 11) is 1.62. The third-order valence-electron chi connectivity index (χ3n) is 9.73. The van der Waals surface area contributed by atoms with E-state index in [0.717, 1.165) is 49.4 Å². The second-order valence-electron chi connectivity index (χ2n) is 13.9. The molecule has 61 heavy (non-hydrogen) atoms. The summed E-state index contributed by atoms with van der Waals surface area (Å²) in [4.78, 5) is 69.8. The normalized spacial score (nSPS) is 13.5. The van der Waals surface area contributed by atoms with E-state index in [1.165, 1.54) is 47.5 Å². The third kappa shape index (κ3) is 11.4. The van der Waals surface area contributed by atoms with E-state index in [-0.39, 0.29) is 34.5 Å². The van der Waals surface area contributed by atoms with Crippen molar-refractivity contribution in [1.82, 2.24) is 5.01 Å². The second-order valence-corrected chi connectivity index (χ2v) is 14.3. The van der Waals surface area contributed by atoms with Crippen LogP contribution in [-0.4, -0.2) is 63.3 Å². The number of nitro groups is 2. The molecule has 17 heteroatoms. The van der Waals surface area contributed by atoms with E-state index in [1.54, 1.807) is 55.6 Å². The number of nitrogens with zero attached hydrogens (tertiary/aromatic N) is 4. The van der Waals surface area contributed by atoms with Crippen molar-refractivity contribution in [1.29, 1.82) is 0 Å². The summed E-state index contributed by atoms with van der Waals surface area (Å²) in [6, 6.07) is 29.3. The monoisotopic (exact) mass is 846 g/mol. The highest BCUT2D eigenvalue weighted by atomic mass is 35.5. The van der Waals surface area contributed by atoms with Gasteiger partial charge in [-0.3, -0.25) is 39.4 Å². The molecule has 1 aliphatic carbocycles. The predicted octanol–water partition coefficient (Wildman–Crippen LogP) is 9.04. The fourth-order valence-electron chi connectivity index (χ4n) is 6.62.